The van der Waals surface area contributed by atoms with Gasteiger partial charge in [0.15, 0.2) is 10.4 Å². The van der Waals surface area contributed by atoms with Crippen molar-refractivity contribution in [2.45, 2.75) is 0 Å². The Morgan fingerprint density at radius 1 is 1.23 bits per heavy atom. The van der Waals surface area contributed by atoms with Crippen LogP contribution in [0, 0.1) is 0 Å². The summed E-state index contributed by atoms with van der Waals surface area (Å²) in [5.41, 5.74) is 0.417. The molecule has 112 valence electrons. The van der Waals surface area contributed by atoms with Crippen LogP contribution in [-0.4, -0.2) is 23.2 Å². The van der Waals surface area contributed by atoms with Gasteiger partial charge >= 0.3 is 6.01 Å². The molecule has 0 radical (unpaired) electrons. The predicted molar refractivity (Wildman–Crippen MR) is 80.6 cm³/mol. The number of carbonyl (C=O) groups excluding carboxylic acids is 1. The first-order valence-electron chi connectivity index (χ1n) is 6.20. The number of hydrogen-bond acceptors (Lipinski definition) is 6. The average molecular weight is 364 g/mol. The van der Waals surface area contributed by atoms with Gasteiger partial charge in [-0.25, -0.2) is 0 Å². The zero-order valence-electron chi connectivity index (χ0n) is 11.4. The Bertz CT molecular complexity index is 812. The van der Waals surface area contributed by atoms with Gasteiger partial charge < -0.3 is 13.6 Å². The molecule has 0 aliphatic heterocycles. The SMILES string of the molecule is COc1cccc(C(=O)Nc2nnc(-c3ccc(Br)o3)o2)c1. The number of furan rings is 1. The maximum Gasteiger partial charge on any atom is 0.322 e. The number of amides is 1. The van der Waals surface area contributed by atoms with Crippen LogP contribution in [0.1, 0.15) is 10.4 Å². The van der Waals surface area contributed by atoms with Crippen molar-refractivity contribution in [1.29, 1.82) is 0 Å². The molecule has 0 aliphatic rings. The molecule has 7 nitrogen and oxygen atoms in total. The van der Waals surface area contributed by atoms with Gasteiger partial charge in [-0.1, -0.05) is 11.2 Å². The fraction of sp³-hybridized carbons (Fsp3) is 0.0714. The third kappa shape index (κ3) is 3.01. The Hall–Kier alpha value is -2.61. The number of hydrogen-bond donors (Lipinski definition) is 1. The fourth-order valence-electron chi connectivity index (χ4n) is 1.74. The minimum atomic E-state index is -0.380. The van der Waals surface area contributed by atoms with Crippen LogP contribution in [0.25, 0.3) is 11.7 Å². The molecule has 22 heavy (non-hydrogen) atoms. The van der Waals surface area contributed by atoms with E-state index in [2.05, 4.69) is 31.4 Å². The highest BCUT2D eigenvalue weighted by molar-refractivity contribution is 9.10. The van der Waals surface area contributed by atoms with Gasteiger partial charge in [-0.05, 0) is 46.3 Å². The highest BCUT2D eigenvalue weighted by atomic mass is 79.9. The third-order valence-electron chi connectivity index (χ3n) is 2.76. The van der Waals surface area contributed by atoms with Gasteiger partial charge in [-0.3, -0.25) is 10.1 Å². The molecule has 0 unspecified atom stereocenters. The molecule has 0 bridgehead atoms. The number of halogens is 1. The van der Waals surface area contributed by atoms with E-state index < -0.39 is 0 Å². The number of methoxy groups -OCH3 is 1. The summed E-state index contributed by atoms with van der Waals surface area (Å²) in [7, 11) is 1.53. The molecule has 0 saturated carbocycles. The van der Waals surface area contributed by atoms with E-state index in [1.165, 1.54) is 7.11 Å². The lowest BCUT2D eigenvalue weighted by Crippen LogP contribution is -2.12. The summed E-state index contributed by atoms with van der Waals surface area (Å²) in [4.78, 5) is 12.1. The number of nitrogens with zero attached hydrogens (tertiary/aromatic N) is 2. The number of nitrogens with one attached hydrogen (secondary N) is 1. The number of rotatable bonds is 4. The Morgan fingerprint density at radius 3 is 2.82 bits per heavy atom. The van der Waals surface area contributed by atoms with Crippen molar-refractivity contribution in [3.05, 3.63) is 46.6 Å². The largest absolute Gasteiger partial charge is 0.497 e. The van der Waals surface area contributed by atoms with Crippen LogP contribution >= 0.6 is 15.9 Å². The van der Waals surface area contributed by atoms with Gasteiger partial charge in [-0.15, -0.1) is 5.10 Å². The van der Waals surface area contributed by atoms with Crippen LogP contribution < -0.4 is 10.1 Å². The summed E-state index contributed by atoms with van der Waals surface area (Å²) in [5, 5.41) is 10.1. The van der Waals surface area contributed by atoms with E-state index in [0.717, 1.165) is 0 Å². The quantitative estimate of drug-likeness (QED) is 0.764. The summed E-state index contributed by atoms with van der Waals surface area (Å²) < 4.78 is 16.2. The lowest BCUT2D eigenvalue weighted by molar-refractivity contribution is 0.102. The fourth-order valence-corrected chi connectivity index (χ4v) is 2.04. The maximum atomic E-state index is 12.1. The second kappa shape index (κ2) is 6.02. The first kappa shape index (κ1) is 14.3. The van der Waals surface area contributed by atoms with Crippen molar-refractivity contribution in [3.63, 3.8) is 0 Å². The maximum absolute atomic E-state index is 12.1. The van der Waals surface area contributed by atoms with Crippen LogP contribution in [0.3, 0.4) is 0 Å². The zero-order valence-corrected chi connectivity index (χ0v) is 13.0. The third-order valence-corrected chi connectivity index (χ3v) is 3.19. The topological polar surface area (TPSA) is 90.4 Å². The normalized spacial score (nSPS) is 10.5. The highest BCUT2D eigenvalue weighted by Crippen LogP contribution is 2.25. The molecule has 3 rings (SSSR count). The lowest BCUT2D eigenvalue weighted by Gasteiger charge is -2.03. The lowest BCUT2D eigenvalue weighted by atomic mass is 10.2. The minimum absolute atomic E-state index is 0.0182. The van der Waals surface area contributed by atoms with Crippen LogP contribution in [0.4, 0.5) is 6.01 Å². The Morgan fingerprint density at radius 2 is 2.09 bits per heavy atom. The summed E-state index contributed by atoms with van der Waals surface area (Å²) in [5.74, 6) is 0.780. The van der Waals surface area contributed by atoms with Gasteiger partial charge in [0.25, 0.3) is 11.8 Å². The molecule has 0 atom stereocenters. The van der Waals surface area contributed by atoms with Gasteiger partial charge in [0, 0.05) is 5.56 Å². The van der Waals surface area contributed by atoms with E-state index >= 15 is 0 Å². The van der Waals surface area contributed by atoms with E-state index in [9.17, 15) is 4.79 Å². The summed E-state index contributed by atoms with van der Waals surface area (Å²) in [6, 6.07) is 10.1. The first-order chi connectivity index (χ1) is 10.7. The molecule has 1 amide bonds. The van der Waals surface area contributed by atoms with Gasteiger partial charge in [-0.2, -0.15) is 0 Å². The standard InChI is InChI=1S/C14H10BrN3O4/c1-20-9-4-2-3-8(7-9)12(19)16-14-18-17-13(22-14)10-5-6-11(15)21-10/h2-7H,1H3,(H,16,18,19). The van der Waals surface area contributed by atoms with Crippen LogP contribution in [0.5, 0.6) is 5.75 Å². The smallest absolute Gasteiger partial charge is 0.322 e. The van der Waals surface area contributed by atoms with Crippen molar-refractivity contribution in [2.75, 3.05) is 12.4 Å². The molecule has 1 N–H and O–H groups in total. The molecule has 0 fully saturated rings. The van der Waals surface area contributed by atoms with Crippen molar-refractivity contribution in [3.8, 4) is 17.4 Å². The summed E-state index contributed by atoms with van der Waals surface area (Å²) in [6.45, 7) is 0. The molecule has 0 spiro atoms. The second-order valence-corrected chi connectivity index (χ2v) is 4.98. The van der Waals surface area contributed by atoms with Crippen LogP contribution in [-0.2, 0) is 0 Å². The minimum Gasteiger partial charge on any atom is -0.497 e. The zero-order chi connectivity index (χ0) is 15.5. The number of anilines is 1. The Kier molecular flexibility index (Phi) is 3.92. The van der Waals surface area contributed by atoms with Crippen molar-refractivity contribution in [1.82, 2.24) is 10.2 Å². The second-order valence-electron chi connectivity index (χ2n) is 4.20. The van der Waals surface area contributed by atoms with Crippen molar-refractivity contribution in [2.24, 2.45) is 0 Å². The molecule has 0 saturated heterocycles. The molecule has 2 heterocycles. The van der Waals surface area contributed by atoms with Crippen LogP contribution in [0.2, 0.25) is 0 Å². The number of benzene rings is 1. The molecular formula is C14H10BrN3O4. The van der Waals surface area contributed by atoms with E-state index in [-0.39, 0.29) is 17.8 Å². The summed E-state index contributed by atoms with van der Waals surface area (Å²) >= 11 is 3.18. The van der Waals surface area contributed by atoms with Crippen molar-refractivity contribution < 1.29 is 18.4 Å². The van der Waals surface area contributed by atoms with Crippen LogP contribution in [0.15, 0.2) is 49.9 Å². The molecular weight excluding hydrogens is 354 g/mol. The Balaban J connectivity index is 1.75. The molecule has 8 heteroatoms. The molecule has 0 aliphatic carbocycles. The van der Waals surface area contributed by atoms with E-state index in [0.29, 0.717) is 21.7 Å². The number of carbonyl (C=O) groups is 1. The van der Waals surface area contributed by atoms with Gasteiger partial charge in [0.1, 0.15) is 5.75 Å². The van der Waals surface area contributed by atoms with E-state index in [1.807, 2.05) is 0 Å². The van der Waals surface area contributed by atoms with E-state index in [4.69, 9.17) is 13.6 Å². The monoisotopic (exact) mass is 363 g/mol. The average Bonchev–Trinajstić information content (AvgIpc) is 3.16. The van der Waals surface area contributed by atoms with Crippen molar-refractivity contribution >= 4 is 27.9 Å². The Labute approximate surface area is 133 Å². The number of ether oxygens (including phenoxy) is 1. The van der Waals surface area contributed by atoms with Gasteiger partial charge in [0.05, 0.1) is 7.11 Å². The highest BCUT2D eigenvalue weighted by Gasteiger charge is 2.15. The number of aromatic nitrogens is 2. The van der Waals surface area contributed by atoms with E-state index in [1.54, 1.807) is 36.4 Å². The molecule has 3 aromatic rings. The first-order valence-corrected chi connectivity index (χ1v) is 6.99. The summed E-state index contributed by atoms with van der Waals surface area (Å²) in [6.07, 6.45) is 0. The molecule has 1 aromatic carbocycles. The van der Waals surface area contributed by atoms with Gasteiger partial charge in [0.2, 0.25) is 0 Å². The predicted octanol–water partition coefficient (Wildman–Crippen LogP) is 3.35. The molecule has 2 aromatic heterocycles.